The summed E-state index contributed by atoms with van der Waals surface area (Å²) in [6, 6.07) is 4.01. The van der Waals surface area contributed by atoms with Crippen LogP contribution in [-0.4, -0.2) is 23.2 Å². The van der Waals surface area contributed by atoms with Crippen LogP contribution < -0.4 is 4.90 Å². The molecule has 0 saturated heterocycles. The van der Waals surface area contributed by atoms with Crippen LogP contribution in [0.15, 0.2) is 31.8 Å². The van der Waals surface area contributed by atoms with E-state index in [0.717, 1.165) is 61.3 Å². The third-order valence-electron chi connectivity index (χ3n) is 5.58. The predicted octanol–water partition coefficient (Wildman–Crippen LogP) is 7.74. The molecule has 158 valence electrons. The Morgan fingerprint density at radius 1 is 1.03 bits per heavy atom. The number of aromatic amines is 1. The molecular formula is C22H22Br2N2O2S2. The molecule has 0 fully saturated rings. The number of nitrogens with zero attached hydrogens (tertiary/aromatic N) is 1. The van der Waals surface area contributed by atoms with Crippen molar-refractivity contribution in [3.05, 3.63) is 37.5 Å². The molecule has 3 aromatic rings. The van der Waals surface area contributed by atoms with Crippen LogP contribution in [0, 0.1) is 5.92 Å². The summed E-state index contributed by atoms with van der Waals surface area (Å²) in [6.07, 6.45) is 4.30. The largest absolute Gasteiger partial charge is 0.349 e. The van der Waals surface area contributed by atoms with Crippen molar-refractivity contribution >= 4 is 71.9 Å². The molecular weight excluding hydrogens is 548 g/mol. The molecule has 1 aliphatic rings. The number of fused-ring (bicyclic) bond motifs is 1. The van der Waals surface area contributed by atoms with Crippen molar-refractivity contribution in [3.63, 3.8) is 0 Å². The summed E-state index contributed by atoms with van der Waals surface area (Å²) < 4.78 is 1.94. The lowest BCUT2D eigenvalue weighted by Crippen LogP contribution is -2.34. The van der Waals surface area contributed by atoms with Crippen LogP contribution in [0.3, 0.4) is 0 Å². The van der Waals surface area contributed by atoms with Gasteiger partial charge >= 0.3 is 5.91 Å². The van der Waals surface area contributed by atoms with Gasteiger partial charge in [0, 0.05) is 21.1 Å². The van der Waals surface area contributed by atoms with E-state index in [-0.39, 0.29) is 0 Å². The van der Waals surface area contributed by atoms with Gasteiger partial charge in [-0.25, -0.2) is 0 Å². The van der Waals surface area contributed by atoms with E-state index < -0.39 is 11.7 Å². The van der Waals surface area contributed by atoms with Gasteiger partial charge < -0.3 is 9.88 Å². The molecule has 30 heavy (non-hydrogen) atoms. The zero-order valence-electron chi connectivity index (χ0n) is 16.8. The van der Waals surface area contributed by atoms with Gasteiger partial charge in [-0.3, -0.25) is 9.59 Å². The molecule has 4 heterocycles. The Morgan fingerprint density at radius 2 is 1.70 bits per heavy atom. The number of aromatic nitrogens is 1. The van der Waals surface area contributed by atoms with E-state index in [0.29, 0.717) is 18.2 Å². The van der Waals surface area contributed by atoms with Crippen LogP contribution in [0.25, 0.3) is 21.0 Å². The maximum absolute atomic E-state index is 13.0. The Hall–Kier alpha value is -1.22. The van der Waals surface area contributed by atoms with Gasteiger partial charge in [0.2, 0.25) is 0 Å². The van der Waals surface area contributed by atoms with E-state index in [4.69, 9.17) is 0 Å². The fourth-order valence-electron chi connectivity index (χ4n) is 3.94. The number of halogens is 2. The second-order valence-electron chi connectivity index (χ2n) is 7.46. The summed E-state index contributed by atoms with van der Waals surface area (Å²) in [4.78, 5) is 33.0. The Bertz CT molecular complexity index is 1100. The first-order valence-corrected chi connectivity index (χ1v) is 13.4. The van der Waals surface area contributed by atoms with Crippen molar-refractivity contribution in [2.75, 3.05) is 11.4 Å². The molecule has 3 aromatic heterocycles. The van der Waals surface area contributed by atoms with Crippen LogP contribution in [0.1, 0.15) is 50.0 Å². The first-order valence-electron chi connectivity index (χ1n) is 10.1. The molecule has 0 aromatic carbocycles. The average Bonchev–Trinajstić information content (AvgIpc) is 3.48. The fraction of sp³-hybridized carbons (Fsp3) is 0.364. The number of anilines is 1. The Kier molecular flexibility index (Phi) is 6.67. The molecule has 1 unspecified atom stereocenters. The molecule has 1 aliphatic heterocycles. The molecule has 1 amide bonds. The van der Waals surface area contributed by atoms with Gasteiger partial charge in [-0.05, 0) is 67.1 Å². The van der Waals surface area contributed by atoms with Gasteiger partial charge in [0.1, 0.15) is 5.69 Å². The number of ketones is 1. The lowest BCUT2D eigenvalue weighted by atomic mass is 9.98. The summed E-state index contributed by atoms with van der Waals surface area (Å²) in [5, 5.41) is 4.03. The van der Waals surface area contributed by atoms with Crippen LogP contribution in [0.4, 0.5) is 5.69 Å². The number of amides is 1. The number of hydrogen-bond donors (Lipinski definition) is 1. The third-order valence-corrected chi connectivity index (χ3v) is 9.29. The van der Waals surface area contributed by atoms with Crippen LogP contribution >= 0.6 is 54.5 Å². The first-order chi connectivity index (χ1) is 14.5. The van der Waals surface area contributed by atoms with Crippen molar-refractivity contribution < 1.29 is 9.59 Å². The Morgan fingerprint density at radius 3 is 2.27 bits per heavy atom. The number of H-pyrrole nitrogens is 1. The number of Topliss-reactive ketones (excluding diaryl/α,β-unsaturated/α-hetero) is 1. The van der Waals surface area contributed by atoms with E-state index in [2.05, 4.69) is 50.7 Å². The molecule has 0 bridgehead atoms. The number of nitrogens with one attached hydrogen (secondary N) is 1. The predicted molar refractivity (Wildman–Crippen MR) is 133 cm³/mol. The highest BCUT2D eigenvalue weighted by molar-refractivity contribution is 9.11. The van der Waals surface area contributed by atoms with Gasteiger partial charge in [-0.2, -0.15) is 0 Å². The van der Waals surface area contributed by atoms with Gasteiger partial charge in [0.05, 0.1) is 21.1 Å². The second-order valence-corrected chi connectivity index (χ2v) is 11.0. The van der Waals surface area contributed by atoms with Crippen LogP contribution in [0.5, 0.6) is 0 Å². The van der Waals surface area contributed by atoms with E-state index in [1.165, 1.54) is 0 Å². The highest BCUT2D eigenvalue weighted by Crippen LogP contribution is 2.51. The number of hydrogen-bond acceptors (Lipinski definition) is 4. The topological polar surface area (TPSA) is 53.2 Å². The lowest BCUT2D eigenvalue weighted by Gasteiger charge is -2.24. The SMILES string of the molecule is CCCCC(CC)CN1C(=O)C(=O)c2[nH]c(-c3sccc3Br)c(-c3sccc3Br)c21. The van der Waals surface area contributed by atoms with Gasteiger partial charge in [0.25, 0.3) is 5.78 Å². The number of rotatable bonds is 8. The van der Waals surface area contributed by atoms with Gasteiger partial charge in [0.15, 0.2) is 0 Å². The second kappa shape index (κ2) is 9.10. The number of unbranched alkanes of at least 4 members (excludes halogenated alkanes) is 1. The van der Waals surface area contributed by atoms with Gasteiger partial charge in [-0.1, -0.05) is 33.1 Å². The highest BCUT2D eigenvalue weighted by Gasteiger charge is 2.42. The normalized spacial score (nSPS) is 14.6. The first kappa shape index (κ1) is 22.0. The minimum atomic E-state index is -0.441. The Balaban J connectivity index is 1.88. The zero-order valence-corrected chi connectivity index (χ0v) is 21.6. The zero-order chi connectivity index (χ0) is 21.4. The summed E-state index contributed by atoms with van der Waals surface area (Å²) in [6.45, 7) is 4.91. The highest BCUT2D eigenvalue weighted by atomic mass is 79.9. The molecule has 0 saturated carbocycles. The molecule has 0 radical (unpaired) electrons. The smallest absolute Gasteiger partial charge is 0.301 e. The van der Waals surface area contributed by atoms with E-state index in [9.17, 15) is 9.59 Å². The molecule has 1 N–H and O–H groups in total. The Labute approximate surface area is 200 Å². The summed E-state index contributed by atoms with van der Waals surface area (Å²) >= 11 is 10.5. The van der Waals surface area contributed by atoms with Crippen molar-refractivity contribution in [2.45, 2.75) is 39.5 Å². The third kappa shape index (κ3) is 3.76. The van der Waals surface area contributed by atoms with Crippen molar-refractivity contribution in [3.8, 4) is 21.0 Å². The van der Waals surface area contributed by atoms with Crippen molar-refractivity contribution in [1.29, 1.82) is 0 Å². The van der Waals surface area contributed by atoms with E-state index >= 15 is 0 Å². The summed E-state index contributed by atoms with van der Waals surface area (Å²) in [5.74, 6) is -0.487. The lowest BCUT2D eigenvalue weighted by molar-refractivity contribution is -0.114. The maximum atomic E-state index is 13.0. The number of carbonyl (C=O) groups excluding carboxylic acids is 2. The molecule has 4 nitrogen and oxygen atoms in total. The van der Waals surface area contributed by atoms with Crippen molar-refractivity contribution in [2.24, 2.45) is 5.92 Å². The molecule has 4 rings (SSSR count). The summed E-state index contributed by atoms with van der Waals surface area (Å²) in [5.41, 5.74) is 2.96. The molecule has 1 atom stereocenters. The number of thiophene rings is 2. The maximum Gasteiger partial charge on any atom is 0.301 e. The monoisotopic (exact) mass is 568 g/mol. The minimum Gasteiger partial charge on any atom is -0.349 e. The van der Waals surface area contributed by atoms with Gasteiger partial charge in [-0.15, -0.1) is 22.7 Å². The van der Waals surface area contributed by atoms with Crippen molar-refractivity contribution in [1.82, 2.24) is 4.98 Å². The average molecular weight is 570 g/mol. The molecule has 8 heteroatoms. The van der Waals surface area contributed by atoms with E-state index in [1.54, 1.807) is 27.6 Å². The standard InChI is InChI=1S/C22H22Br2N2O2S2/c1-3-5-6-12(4-2)11-26-18-15(20-13(23)7-9-29-20)16(21-14(24)8-10-30-21)25-17(18)19(27)22(26)28/h7-10,12,25H,3-6,11H2,1-2H3. The summed E-state index contributed by atoms with van der Waals surface area (Å²) in [7, 11) is 0. The fourth-order valence-corrected chi connectivity index (χ4v) is 7.14. The van der Waals surface area contributed by atoms with Crippen LogP contribution in [-0.2, 0) is 4.79 Å². The molecule has 0 aliphatic carbocycles. The van der Waals surface area contributed by atoms with Crippen LogP contribution in [0.2, 0.25) is 0 Å². The molecule has 0 spiro atoms. The quantitative estimate of drug-likeness (QED) is 0.282. The van der Waals surface area contributed by atoms with E-state index in [1.807, 2.05) is 22.9 Å². The number of carbonyl (C=O) groups is 2. The minimum absolute atomic E-state index is 0.374.